The molecule has 2 heterocycles. The van der Waals surface area contributed by atoms with Gasteiger partial charge < -0.3 is 10.2 Å². The van der Waals surface area contributed by atoms with Crippen molar-refractivity contribution in [1.82, 2.24) is 20.0 Å². The van der Waals surface area contributed by atoms with E-state index >= 15 is 0 Å². The highest BCUT2D eigenvalue weighted by atomic mass is 79.9. The van der Waals surface area contributed by atoms with Gasteiger partial charge in [-0.1, -0.05) is 0 Å². The van der Waals surface area contributed by atoms with Crippen molar-refractivity contribution in [2.24, 2.45) is 0 Å². The molecule has 7 heteroatoms. The number of aromatic nitrogens is 2. The molecule has 1 aromatic heterocycles. The number of aryl methyl sites for hydroxylation is 1. The molecule has 1 N–H and O–H groups in total. The van der Waals surface area contributed by atoms with Crippen LogP contribution in [-0.4, -0.2) is 46.3 Å². The van der Waals surface area contributed by atoms with Crippen molar-refractivity contribution in [3.8, 4) is 5.69 Å². The lowest BCUT2D eigenvalue weighted by atomic mass is 10.1. The zero-order valence-electron chi connectivity index (χ0n) is 14.0. The number of benzene rings is 1. The molecule has 1 amide bonds. The summed E-state index contributed by atoms with van der Waals surface area (Å²) in [5, 5.41) is 7.83. The first-order valence-electron chi connectivity index (χ1n) is 7.83. The number of piperazine rings is 1. The van der Waals surface area contributed by atoms with E-state index in [1.165, 1.54) is 0 Å². The number of hydrogen-bond acceptors (Lipinski definition) is 3. The Morgan fingerprint density at radius 2 is 1.96 bits per heavy atom. The van der Waals surface area contributed by atoms with Crippen molar-refractivity contribution < 1.29 is 4.79 Å². The number of halogens is 2. The second-order valence-electron chi connectivity index (χ2n) is 6.00. The predicted octanol–water partition coefficient (Wildman–Crippen LogP) is 3.11. The third-order valence-electron chi connectivity index (χ3n) is 4.32. The molecule has 1 fully saturated rings. The molecule has 1 atom stereocenters. The first-order chi connectivity index (χ1) is 11.0. The summed E-state index contributed by atoms with van der Waals surface area (Å²) in [6, 6.07) is 7.90. The molecule has 0 unspecified atom stereocenters. The average molecular weight is 414 g/mol. The molecule has 1 aliphatic rings. The Bertz CT molecular complexity index is 729. The predicted molar refractivity (Wildman–Crippen MR) is 101 cm³/mol. The summed E-state index contributed by atoms with van der Waals surface area (Å²) in [6.45, 7) is 8.53. The van der Waals surface area contributed by atoms with Crippen LogP contribution in [0.3, 0.4) is 0 Å². The maximum atomic E-state index is 12.7. The lowest BCUT2D eigenvalue weighted by Gasteiger charge is -2.34. The minimum atomic E-state index is 0. The van der Waals surface area contributed by atoms with Crippen LogP contribution >= 0.6 is 28.3 Å². The Balaban J connectivity index is 0.00000208. The Kier molecular flexibility index (Phi) is 6.06. The van der Waals surface area contributed by atoms with Crippen LogP contribution in [0.15, 0.2) is 28.7 Å². The molecule has 0 radical (unpaired) electrons. The smallest absolute Gasteiger partial charge is 0.254 e. The van der Waals surface area contributed by atoms with Crippen LogP contribution in [-0.2, 0) is 0 Å². The molecule has 0 saturated carbocycles. The van der Waals surface area contributed by atoms with Crippen molar-refractivity contribution in [3.63, 3.8) is 0 Å². The summed E-state index contributed by atoms with van der Waals surface area (Å²) >= 11 is 3.54. The van der Waals surface area contributed by atoms with Gasteiger partial charge in [-0.15, -0.1) is 12.4 Å². The van der Waals surface area contributed by atoms with E-state index in [1.54, 1.807) is 0 Å². The summed E-state index contributed by atoms with van der Waals surface area (Å²) in [4.78, 5) is 14.6. The minimum absolute atomic E-state index is 0. The van der Waals surface area contributed by atoms with Crippen molar-refractivity contribution in [2.45, 2.75) is 26.8 Å². The van der Waals surface area contributed by atoms with Gasteiger partial charge in [-0.05, 0) is 61.0 Å². The highest BCUT2D eigenvalue weighted by Gasteiger charge is 2.24. The van der Waals surface area contributed by atoms with Gasteiger partial charge in [-0.2, -0.15) is 5.10 Å². The second kappa shape index (κ2) is 7.68. The van der Waals surface area contributed by atoms with Gasteiger partial charge in [0.1, 0.15) is 0 Å². The maximum absolute atomic E-state index is 12.7. The van der Waals surface area contributed by atoms with Crippen molar-refractivity contribution in [2.75, 3.05) is 19.6 Å². The van der Waals surface area contributed by atoms with Crippen LogP contribution < -0.4 is 5.32 Å². The number of carbonyl (C=O) groups excluding carboxylic acids is 1. The molecule has 3 rings (SSSR count). The maximum Gasteiger partial charge on any atom is 0.254 e. The van der Waals surface area contributed by atoms with Gasteiger partial charge in [0.2, 0.25) is 0 Å². The number of nitrogens with one attached hydrogen (secondary N) is 1. The molecule has 1 aromatic carbocycles. The first-order valence-corrected chi connectivity index (χ1v) is 8.62. The molecular formula is C17H22BrClN4O. The fourth-order valence-corrected chi connectivity index (χ4v) is 3.18. The minimum Gasteiger partial charge on any atom is -0.333 e. The SMILES string of the molecule is Cc1nn(-c2ccc(C(=O)N3CCNC[C@@H]3C)cc2)c(C)c1Br.Cl. The van der Waals surface area contributed by atoms with E-state index in [0.717, 1.165) is 46.7 Å². The van der Waals surface area contributed by atoms with Crippen LogP contribution in [0, 0.1) is 13.8 Å². The van der Waals surface area contributed by atoms with Gasteiger partial charge in [0, 0.05) is 31.2 Å². The molecule has 1 saturated heterocycles. The number of nitrogens with zero attached hydrogens (tertiary/aromatic N) is 3. The van der Waals surface area contributed by atoms with E-state index in [-0.39, 0.29) is 24.4 Å². The zero-order valence-corrected chi connectivity index (χ0v) is 16.4. The molecule has 130 valence electrons. The molecule has 0 bridgehead atoms. The summed E-state index contributed by atoms with van der Waals surface area (Å²) in [5.41, 5.74) is 3.69. The van der Waals surface area contributed by atoms with Gasteiger partial charge in [-0.3, -0.25) is 4.79 Å². The molecule has 1 aliphatic heterocycles. The lowest BCUT2D eigenvalue weighted by Crippen LogP contribution is -2.52. The van der Waals surface area contributed by atoms with E-state index in [4.69, 9.17) is 0 Å². The Labute approximate surface area is 157 Å². The van der Waals surface area contributed by atoms with Crippen LogP contribution in [0.1, 0.15) is 28.7 Å². The van der Waals surface area contributed by atoms with Gasteiger partial charge in [-0.25, -0.2) is 4.68 Å². The van der Waals surface area contributed by atoms with Crippen LogP contribution in [0.25, 0.3) is 5.69 Å². The Morgan fingerprint density at radius 3 is 2.50 bits per heavy atom. The summed E-state index contributed by atoms with van der Waals surface area (Å²) in [5.74, 6) is 0.0973. The number of amides is 1. The van der Waals surface area contributed by atoms with Crippen molar-refractivity contribution in [3.05, 3.63) is 45.7 Å². The molecule has 0 aliphatic carbocycles. The highest BCUT2D eigenvalue weighted by molar-refractivity contribution is 9.10. The van der Waals surface area contributed by atoms with Crippen LogP contribution in [0.2, 0.25) is 0 Å². The Hall–Kier alpha value is -1.37. The molecule has 2 aromatic rings. The quantitative estimate of drug-likeness (QED) is 0.823. The standard InChI is InChI=1S/C17H21BrN4O.ClH/c1-11-10-19-8-9-21(11)17(23)14-4-6-15(7-5-14)22-13(3)16(18)12(2)20-22;/h4-7,11,19H,8-10H2,1-3H3;1H/t11-;/m0./s1. The topological polar surface area (TPSA) is 50.2 Å². The van der Waals surface area contributed by atoms with E-state index in [0.29, 0.717) is 0 Å². The molecule has 0 spiro atoms. The van der Waals surface area contributed by atoms with Crippen molar-refractivity contribution in [1.29, 1.82) is 0 Å². The number of hydrogen-bond donors (Lipinski definition) is 1. The second-order valence-corrected chi connectivity index (χ2v) is 6.79. The van der Waals surface area contributed by atoms with Crippen LogP contribution in [0.4, 0.5) is 0 Å². The van der Waals surface area contributed by atoms with Gasteiger partial charge in [0.05, 0.1) is 21.5 Å². The average Bonchev–Trinajstić information content (AvgIpc) is 2.82. The number of rotatable bonds is 2. The molecular weight excluding hydrogens is 392 g/mol. The fraction of sp³-hybridized carbons (Fsp3) is 0.412. The van der Waals surface area contributed by atoms with Gasteiger partial charge >= 0.3 is 0 Å². The first kappa shape index (κ1) is 19.0. The monoisotopic (exact) mass is 412 g/mol. The largest absolute Gasteiger partial charge is 0.333 e. The Morgan fingerprint density at radius 1 is 1.29 bits per heavy atom. The van der Waals surface area contributed by atoms with Gasteiger partial charge in [0.25, 0.3) is 5.91 Å². The van der Waals surface area contributed by atoms with E-state index < -0.39 is 0 Å². The van der Waals surface area contributed by atoms with Gasteiger partial charge in [0.15, 0.2) is 0 Å². The lowest BCUT2D eigenvalue weighted by molar-refractivity contribution is 0.0656. The van der Waals surface area contributed by atoms with Crippen LogP contribution in [0.5, 0.6) is 0 Å². The zero-order chi connectivity index (χ0) is 16.6. The molecule has 5 nitrogen and oxygen atoms in total. The normalized spacial score (nSPS) is 17.5. The summed E-state index contributed by atoms with van der Waals surface area (Å²) in [7, 11) is 0. The van der Waals surface area contributed by atoms with Crippen molar-refractivity contribution >= 4 is 34.2 Å². The van der Waals surface area contributed by atoms with E-state index in [9.17, 15) is 4.79 Å². The third-order valence-corrected chi connectivity index (χ3v) is 5.47. The summed E-state index contributed by atoms with van der Waals surface area (Å²) in [6.07, 6.45) is 0. The molecule has 24 heavy (non-hydrogen) atoms. The highest BCUT2D eigenvalue weighted by Crippen LogP contribution is 2.23. The van der Waals surface area contributed by atoms with E-state index in [1.807, 2.05) is 47.7 Å². The summed E-state index contributed by atoms with van der Waals surface area (Å²) < 4.78 is 2.91. The van der Waals surface area contributed by atoms with E-state index in [2.05, 4.69) is 33.3 Å². The number of carbonyl (C=O) groups is 1. The third kappa shape index (κ3) is 3.50. The fourth-order valence-electron chi connectivity index (χ4n) is 2.93.